The van der Waals surface area contributed by atoms with Crippen LogP contribution in [0.1, 0.15) is 26.7 Å². The number of rotatable bonds is 6. The van der Waals surface area contributed by atoms with Gasteiger partial charge >= 0.3 is 10.2 Å². The van der Waals surface area contributed by atoms with Crippen molar-refractivity contribution in [1.29, 1.82) is 0 Å². The third kappa shape index (κ3) is 4.43. The minimum Gasteiger partial charge on any atom is -0.491 e. The predicted octanol–water partition coefficient (Wildman–Crippen LogP) is 2.52. The number of hydrogen-bond acceptors (Lipinski definition) is 4. The third-order valence-corrected chi connectivity index (χ3v) is 4.57. The van der Waals surface area contributed by atoms with Crippen LogP contribution in [-0.2, 0) is 15.0 Å². The Morgan fingerprint density at radius 2 is 2.00 bits per heavy atom. The lowest BCUT2D eigenvalue weighted by molar-refractivity contribution is -0.117. The van der Waals surface area contributed by atoms with Crippen molar-refractivity contribution in [2.45, 2.75) is 32.8 Å². The van der Waals surface area contributed by atoms with Crippen molar-refractivity contribution in [3.05, 3.63) is 24.3 Å². The average Bonchev–Trinajstić information content (AvgIpc) is 2.78. The lowest BCUT2D eigenvalue weighted by atomic mass is 10.1. The fourth-order valence-corrected chi connectivity index (χ4v) is 3.23. The molecule has 0 bridgehead atoms. The van der Waals surface area contributed by atoms with Gasteiger partial charge in [0, 0.05) is 24.6 Å². The van der Waals surface area contributed by atoms with Crippen molar-refractivity contribution in [1.82, 2.24) is 0 Å². The van der Waals surface area contributed by atoms with Gasteiger partial charge in [-0.05, 0) is 37.6 Å². The molecule has 1 saturated heterocycles. The van der Waals surface area contributed by atoms with Gasteiger partial charge in [-0.25, -0.2) is 0 Å². The molecule has 1 amide bonds. The summed E-state index contributed by atoms with van der Waals surface area (Å²) in [6.07, 6.45) is 1.05. The van der Waals surface area contributed by atoms with E-state index in [1.807, 2.05) is 13.8 Å². The second kappa shape index (κ2) is 6.64. The summed E-state index contributed by atoms with van der Waals surface area (Å²) in [4.78, 5) is 13.4. The zero-order valence-electron chi connectivity index (χ0n) is 12.7. The molecule has 2 atom stereocenters. The Morgan fingerprint density at radius 3 is 2.55 bits per heavy atom. The summed E-state index contributed by atoms with van der Waals surface area (Å²) >= 11 is 0. The van der Waals surface area contributed by atoms with Gasteiger partial charge in [0.25, 0.3) is 0 Å². The summed E-state index contributed by atoms with van der Waals surface area (Å²) in [5.74, 6) is -0.583. The van der Waals surface area contributed by atoms with E-state index in [0.29, 0.717) is 11.4 Å². The van der Waals surface area contributed by atoms with Gasteiger partial charge in [0.2, 0.25) is 5.91 Å². The van der Waals surface area contributed by atoms with E-state index in [2.05, 4.69) is 0 Å². The van der Waals surface area contributed by atoms with Gasteiger partial charge in [0.05, 0.1) is 11.9 Å². The summed E-state index contributed by atoms with van der Waals surface area (Å²) in [6, 6.07) is 7.05. The van der Waals surface area contributed by atoms with Gasteiger partial charge < -0.3 is 9.64 Å². The number of benzene rings is 1. The van der Waals surface area contributed by atoms with Crippen LogP contribution in [0.25, 0.3) is 0 Å². The number of carbonyl (C=O) groups is 1. The monoisotopic (exact) mass is 329 g/mol. The van der Waals surface area contributed by atoms with Gasteiger partial charge in [-0.3, -0.25) is 4.79 Å². The van der Waals surface area contributed by atoms with Gasteiger partial charge in [-0.1, -0.05) is 6.92 Å². The van der Waals surface area contributed by atoms with Gasteiger partial charge in [0.15, 0.2) is 0 Å². The van der Waals surface area contributed by atoms with Crippen molar-refractivity contribution >= 4 is 21.8 Å². The summed E-state index contributed by atoms with van der Waals surface area (Å²) in [5.41, 5.74) is 0.667. The van der Waals surface area contributed by atoms with Crippen LogP contribution in [0.2, 0.25) is 0 Å². The fourth-order valence-electron chi connectivity index (χ4n) is 2.44. The Hall–Kier alpha value is -1.63. The fraction of sp³-hybridized carbons (Fsp3) is 0.533. The van der Waals surface area contributed by atoms with E-state index in [9.17, 15) is 17.1 Å². The molecule has 0 radical (unpaired) electrons. The highest BCUT2D eigenvalue weighted by atomic mass is 32.3. The molecule has 0 spiro atoms. The highest BCUT2D eigenvalue weighted by Crippen LogP contribution is 2.28. The Labute approximate surface area is 130 Å². The molecule has 1 aliphatic heterocycles. The normalized spacial score (nSPS) is 20.2. The van der Waals surface area contributed by atoms with E-state index in [4.69, 9.17) is 4.74 Å². The van der Waals surface area contributed by atoms with Crippen LogP contribution in [0.4, 0.5) is 9.57 Å². The highest BCUT2D eigenvalue weighted by Gasteiger charge is 2.33. The van der Waals surface area contributed by atoms with Crippen LogP contribution in [-0.4, -0.2) is 32.7 Å². The highest BCUT2D eigenvalue weighted by molar-refractivity contribution is 7.86. The van der Waals surface area contributed by atoms with Gasteiger partial charge in [-0.2, -0.15) is 8.42 Å². The Morgan fingerprint density at radius 1 is 1.36 bits per heavy atom. The van der Waals surface area contributed by atoms with Crippen LogP contribution in [0.15, 0.2) is 24.3 Å². The molecule has 1 aromatic rings. The molecule has 0 aliphatic carbocycles. The zero-order chi connectivity index (χ0) is 16.3. The number of hydrogen-bond donors (Lipinski definition) is 0. The smallest absolute Gasteiger partial charge is 0.302 e. The van der Waals surface area contributed by atoms with Crippen LogP contribution in [0.5, 0.6) is 5.75 Å². The summed E-state index contributed by atoms with van der Waals surface area (Å²) in [6.45, 7) is 4.22. The van der Waals surface area contributed by atoms with Crippen LogP contribution in [0, 0.1) is 5.92 Å². The van der Waals surface area contributed by atoms with Crippen LogP contribution < -0.4 is 9.64 Å². The number of ether oxygens (including phenoxy) is 1. The Balaban J connectivity index is 2.04. The first-order chi connectivity index (χ1) is 10.3. The average molecular weight is 329 g/mol. The van der Waals surface area contributed by atoms with Crippen molar-refractivity contribution in [2.24, 2.45) is 5.92 Å². The van der Waals surface area contributed by atoms with Crippen molar-refractivity contribution in [2.75, 3.05) is 17.2 Å². The molecule has 0 aromatic heterocycles. The van der Waals surface area contributed by atoms with Crippen molar-refractivity contribution in [3.8, 4) is 5.75 Å². The van der Waals surface area contributed by atoms with Crippen LogP contribution in [0.3, 0.4) is 0 Å². The molecule has 122 valence electrons. The molecule has 7 heteroatoms. The molecule has 1 aromatic carbocycles. The molecule has 1 fully saturated rings. The van der Waals surface area contributed by atoms with Gasteiger partial charge in [0.1, 0.15) is 5.75 Å². The van der Waals surface area contributed by atoms with Crippen molar-refractivity contribution < 1.29 is 21.8 Å². The van der Waals surface area contributed by atoms with Crippen LogP contribution >= 0.6 is 0 Å². The second-order valence-electron chi connectivity index (χ2n) is 5.61. The first kappa shape index (κ1) is 16.7. The predicted molar refractivity (Wildman–Crippen MR) is 82.2 cm³/mol. The zero-order valence-corrected chi connectivity index (χ0v) is 13.5. The van der Waals surface area contributed by atoms with E-state index in [1.54, 1.807) is 24.3 Å². The van der Waals surface area contributed by atoms with Crippen molar-refractivity contribution in [3.63, 3.8) is 0 Å². The third-order valence-electron chi connectivity index (χ3n) is 3.70. The summed E-state index contributed by atoms with van der Waals surface area (Å²) in [5, 5.41) is 0. The second-order valence-corrected chi connectivity index (χ2v) is 7.02. The summed E-state index contributed by atoms with van der Waals surface area (Å²) in [7, 11) is -4.56. The quantitative estimate of drug-likeness (QED) is 0.752. The van der Waals surface area contributed by atoms with E-state index >= 15 is 0 Å². The molecule has 2 rings (SSSR count). The largest absolute Gasteiger partial charge is 0.491 e. The molecule has 0 saturated carbocycles. The van der Waals surface area contributed by atoms with E-state index in [0.717, 1.165) is 6.42 Å². The topological polar surface area (TPSA) is 63.7 Å². The number of anilines is 1. The molecule has 1 heterocycles. The maximum atomic E-state index is 12.7. The maximum absolute atomic E-state index is 12.7. The number of carbonyl (C=O) groups excluding carboxylic acids is 1. The van der Waals surface area contributed by atoms with E-state index < -0.39 is 21.9 Å². The minimum absolute atomic E-state index is 0.0499. The lowest BCUT2D eigenvalue weighted by Crippen LogP contribution is -2.25. The first-order valence-electron chi connectivity index (χ1n) is 7.28. The molecule has 5 nitrogen and oxygen atoms in total. The molecule has 22 heavy (non-hydrogen) atoms. The van der Waals surface area contributed by atoms with E-state index in [1.165, 1.54) is 4.90 Å². The molecule has 0 N–H and O–H groups in total. The Bertz CT molecular complexity index is 629. The first-order valence-corrected chi connectivity index (χ1v) is 8.83. The molecule has 2 unspecified atom stereocenters. The molecular weight excluding hydrogens is 309 g/mol. The SMILES string of the molecule is CCC(C)Oc1ccc(N2CC(CS(=O)(=O)F)CC2=O)cc1. The maximum Gasteiger partial charge on any atom is 0.302 e. The van der Waals surface area contributed by atoms with E-state index in [-0.39, 0.29) is 25.0 Å². The van der Waals surface area contributed by atoms with Gasteiger partial charge in [-0.15, -0.1) is 3.89 Å². The minimum atomic E-state index is -4.56. The summed E-state index contributed by atoms with van der Waals surface area (Å²) < 4.78 is 39.8. The number of amides is 1. The molecule has 1 aliphatic rings. The lowest BCUT2D eigenvalue weighted by Gasteiger charge is -2.18. The number of nitrogens with zero attached hydrogens (tertiary/aromatic N) is 1. The standard InChI is InChI=1S/C15H20FNO4S/c1-3-11(2)21-14-6-4-13(5-7-14)17-9-12(8-15(17)18)10-22(16,19)20/h4-7,11-12H,3,8-10H2,1-2H3. The number of halogens is 1. The Kier molecular flexibility index (Phi) is 5.05. The molecular formula is C15H20FNO4S.